The van der Waals surface area contributed by atoms with E-state index in [1.807, 2.05) is 0 Å². The second-order valence-electron chi connectivity index (χ2n) is 7.16. The molecule has 0 rings (SSSR count). The van der Waals surface area contributed by atoms with Crippen molar-refractivity contribution >= 4 is 11.8 Å². The van der Waals surface area contributed by atoms with Gasteiger partial charge >= 0.3 is 5.97 Å². The van der Waals surface area contributed by atoms with Crippen LogP contribution in [0.25, 0.3) is 0 Å². The molecule has 1 atom stereocenters. The van der Waals surface area contributed by atoms with E-state index in [0.29, 0.717) is 24.5 Å². The molecule has 3 heteroatoms. The lowest BCUT2D eigenvalue weighted by molar-refractivity contribution is -0.137. The molecule has 0 aromatic rings. The van der Waals surface area contributed by atoms with Crippen molar-refractivity contribution in [2.45, 2.75) is 110 Å². The zero-order valence-corrected chi connectivity index (χ0v) is 16.0. The number of aliphatic carboxylic acids is 1. The van der Waals surface area contributed by atoms with Crippen LogP contribution in [0.5, 0.6) is 0 Å². The van der Waals surface area contributed by atoms with E-state index in [2.05, 4.69) is 13.3 Å². The number of carboxylic acids is 1. The summed E-state index contributed by atoms with van der Waals surface area (Å²) in [4.78, 5) is 21.8. The number of ketones is 1. The maximum atomic E-state index is 11.4. The fourth-order valence-electron chi connectivity index (χ4n) is 3.16. The van der Waals surface area contributed by atoms with Crippen LogP contribution in [0.2, 0.25) is 0 Å². The molecule has 0 spiro atoms. The summed E-state index contributed by atoms with van der Waals surface area (Å²) in [6.07, 6.45) is 18.7. The third-order valence-corrected chi connectivity index (χ3v) is 4.57. The Balaban J connectivity index is 3.64. The summed E-state index contributed by atoms with van der Waals surface area (Å²) in [5.74, 6) is 0.0710. The molecule has 0 aliphatic heterocycles. The highest BCUT2D eigenvalue weighted by Crippen LogP contribution is 2.21. The van der Waals surface area contributed by atoms with E-state index in [0.717, 1.165) is 38.5 Å². The molecule has 141 valence electrons. The molecule has 24 heavy (non-hydrogen) atoms. The minimum absolute atomic E-state index is 0.297. The van der Waals surface area contributed by atoms with Crippen LogP contribution in [0.4, 0.5) is 0 Å². The third kappa shape index (κ3) is 17.5. The quantitative estimate of drug-likeness (QED) is 0.296. The van der Waals surface area contributed by atoms with Crippen molar-refractivity contribution in [3.8, 4) is 0 Å². The highest BCUT2D eigenvalue weighted by atomic mass is 16.4. The maximum absolute atomic E-state index is 11.4. The van der Waals surface area contributed by atoms with Crippen LogP contribution in [0, 0.1) is 12.3 Å². The number of hydrogen-bond donors (Lipinski definition) is 1. The highest BCUT2D eigenvalue weighted by molar-refractivity contribution is 5.75. The Bertz CT molecular complexity index is 312. The van der Waals surface area contributed by atoms with Crippen molar-refractivity contribution in [1.29, 1.82) is 0 Å². The number of Topliss-reactive ketones (excluding diaryl/α,β-unsaturated/α-hetero) is 1. The first-order valence-electron chi connectivity index (χ1n) is 10.1. The summed E-state index contributed by atoms with van der Waals surface area (Å²) in [6, 6.07) is 0. The first-order valence-corrected chi connectivity index (χ1v) is 10.1. The number of rotatable bonds is 18. The lowest BCUT2D eigenvalue weighted by atomic mass is 9.90. The topological polar surface area (TPSA) is 54.4 Å². The number of carbonyl (C=O) groups excluding carboxylic acids is 1. The van der Waals surface area contributed by atoms with Gasteiger partial charge in [-0.15, -0.1) is 0 Å². The molecule has 3 nitrogen and oxygen atoms in total. The number of carbonyl (C=O) groups is 2. The Morgan fingerprint density at radius 1 is 0.875 bits per heavy atom. The second-order valence-corrected chi connectivity index (χ2v) is 7.16. The maximum Gasteiger partial charge on any atom is 0.303 e. The third-order valence-electron chi connectivity index (χ3n) is 4.57. The van der Waals surface area contributed by atoms with E-state index in [4.69, 9.17) is 5.11 Å². The first-order chi connectivity index (χ1) is 11.6. The summed E-state index contributed by atoms with van der Waals surface area (Å²) >= 11 is 0. The predicted octanol–water partition coefficient (Wildman–Crippen LogP) is 6.35. The molecule has 0 amide bonds. The van der Waals surface area contributed by atoms with E-state index in [1.54, 1.807) is 6.92 Å². The van der Waals surface area contributed by atoms with Crippen LogP contribution in [-0.4, -0.2) is 16.9 Å². The molecule has 0 saturated carbocycles. The number of carboxylic acid groups (broad SMARTS) is 1. The molecule has 0 aromatic heterocycles. The fraction of sp³-hybridized carbons (Fsp3) is 0.857. The van der Waals surface area contributed by atoms with E-state index >= 15 is 0 Å². The van der Waals surface area contributed by atoms with Gasteiger partial charge in [-0.3, -0.25) is 4.79 Å². The van der Waals surface area contributed by atoms with Crippen LogP contribution in [0.15, 0.2) is 0 Å². The smallest absolute Gasteiger partial charge is 0.303 e. The largest absolute Gasteiger partial charge is 0.481 e. The molecular weight excluding hydrogens is 300 g/mol. The Hall–Kier alpha value is -0.860. The molecule has 1 radical (unpaired) electrons. The van der Waals surface area contributed by atoms with Crippen molar-refractivity contribution in [3.05, 3.63) is 6.42 Å². The van der Waals surface area contributed by atoms with Gasteiger partial charge in [0.1, 0.15) is 5.78 Å². The summed E-state index contributed by atoms with van der Waals surface area (Å²) in [7, 11) is 0. The van der Waals surface area contributed by atoms with E-state index in [-0.39, 0.29) is 0 Å². The lowest BCUT2D eigenvalue weighted by Crippen LogP contribution is -2.07. The molecule has 0 heterocycles. The highest BCUT2D eigenvalue weighted by Gasteiger charge is 2.11. The van der Waals surface area contributed by atoms with Gasteiger partial charge in [-0.05, 0) is 38.5 Å². The predicted molar refractivity (Wildman–Crippen MR) is 101 cm³/mol. The molecule has 0 aromatic carbocycles. The van der Waals surface area contributed by atoms with Crippen LogP contribution in [0.3, 0.4) is 0 Å². The Kier molecular flexibility index (Phi) is 16.4. The van der Waals surface area contributed by atoms with Crippen molar-refractivity contribution < 1.29 is 14.7 Å². The second kappa shape index (κ2) is 17.0. The lowest BCUT2D eigenvalue weighted by Gasteiger charge is -2.15. The van der Waals surface area contributed by atoms with Crippen LogP contribution in [-0.2, 0) is 9.59 Å². The summed E-state index contributed by atoms with van der Waals surface area (Å²) in [6.45, 7) is 3.94. The van der Waals surface area contributed by atoms with Crippen LogP contribution < -0.4 is 0 Å². The van der Waals surface area contributed by atoms with Gasteiger partial charge in [-0.25, -0.2) is 0 Å². The van der Waals surface area contributed by atoms with Gasteiger partial charge in [-0.1, -0.05) is 71.1 Å². The van der Waals surface area contributed by atoms with Crippen molar-refractivity contribution in [2.75, 3.05) is 0 Å². The molecule has 0 aliphatic carbocycles. The van der Waals surface area contributed by atoms with E-state index in [9.17, 15) is 9.59 Å². The number of unbranched alkanes of at least 4 members (excludes halogenated alkanes) is 10. The first kappa shape index (κ1) is 23.1. The van der Waals surface area contributed by atoms with Gasteiger partial charge in [0.05, 0.1) is 0 Å². The Morgan fingerprint density at radius 2 is 1.46 bits per heavy atom. The molecule has 0 aliphatic rings. The van der Waals surface area contributed by atoms with Crippen LogP contribution in [0.1, 0.15) is 110 Å². The van der Waals surface area contributed by atoms with Gasteiger partial charge in [-0.2, -0.15) is 0 Å². The zero-order chi connectivity index (χ0) is 18.0. The fourth-order valence-corrected chi connectivity index (χ4v) is 3.16. The minimum Gasteiger partial charge on any atom is -0.481 e. The Morgan fingerprint density at radius 3 is 2.08 bits per heavy atom. The van der Waals surface area contributed by atoms with E-state index in [1.165, 1.54) is 44.9 Å². The van der Waals surface area contributed by atoms with Gasteiger partial charge < -0.3 is 9.90 Å². The van der Waals surface area contributed by atoms with Crippen molar-refractivity contribution in [1.82, 2.24) is 0 Å². The van der Waals surface area contributed by atoms with Gasteiger partial charge in [0.2, 0.25) is 0 Å². The summed E-state index contributed by atoms with van der Waals surface area (Å²) < 4.78 is 0. The van der Waals surface area contributed by atoms with Crippen molar-refractivity contribution in [3.63, 3.8) is 0 Å². The van der Waals surface area contributed by atoms with Crippen molar-refractivity contribution in [2.24, 2.45) is 5.92 Å². The van der Waals surface area contributed by atoms with Gasteiger partial charge in [0.15, 0.2) is 0 Å². The average molecular weight is 340 g/mol. The molecule has 0 fully saturated rings. The molecule has 1 unspecified atom stereocenters. The summed E-state index contributed by atoms with van der Waals surface area (Å²) in [5.41, 5.74) is 0. The molecule has 0 bridgehead atoms. The van der Waals surface area contributed by atoms with Gasteiger partial charge in [0.25, 0.3) is 0 Å². The minimum atomic E-state index is -0.690. The average Bonchev–Trinajstić information content (AvgIpc) is 2.52. The normalized spacial score (nSPS) is 12.2. The molecule has 0 saturated heterocycles. The SMILES string of the molecule is CCCCCCCCC([CH]CCCCCCCC(=O)O)CC(C)=O. The Labute approximate surface area is 149 Å². The standard InChI is InChI=1S/C21H39O3/c1-3-4-5-6-9-12-15-20(18-19(2)22)16-13-10-7-8-11-14-17-21(23)24/h16,20H,3-15,17-18H2,1-2H3,(H,23,24). The van der Waals surface area contributed by atoms with Crippen LogP contribution >= 0.6 is 0 Å². The molecular formula is C21H39O3. The monoisotopic (exact) mass is 339 g/mol. The zero-order valence-electron chi connectivity index (χ0n) is 16.0. The van der Waals surface area contributed by atoms with E-state index < -0.39 is 5.97 Å². The number of hydrogen-bond acceptors (Lipinski definition) is 2. The summed E-state index contributed by atoms with van der Waals surface area (Å²) in [5, 5.41) is 8.59. The molecule has 1 N–H and O–H groups in total. The van der Waals surface area contributed by atoms with Gasteiger partial charge in [0, 0.05) is 12.8 Å².